The molecule has 0 aliphatic carbocycles. The summed E-state index contributed by atoms with van der Waals surface area (Å²) in [4.78, 5) is 29.0. The highest BCUT2D eigenvalue weighted by Gasteiger charge is 2.36. The van der Waals surface area contributed by atoms with Crippen molar-refractivity contribution in [1.82, 2.24) is 25.1 Å². The Morgan fingerprint density at radius 1 is 1.06 bits per heavy atom. The van der Waals surface area contributed by atoms with Gasteiger partial charge in [0.2, 0.25) is 11.8 Å². The van der Waals surface area contributed by atoms with Crippen LogP contribution in [0.15, 0.2) is 42.5 Å². The van der Waals surface area contributed by atoms with Crippen LogP contribution in [-0.4, -0.2) is 57.8 Å². The molecule has 1 unspecified atom stereocenters. The average molecular weight is 448 g/mol. The molecule has 2 fully saturated rings. The first-order valence-corrected chi connectivity index (χ1v) is 11.4. The van der Waals surface area contributed by atoms with Crippen molar-refractivity contribution in [2.45, 2.75) is 32.6 Å². The van der Waals surface area contributed by atoms with Gasteiger partial charge in [0.1, 0.15) is 5.82 Å². The van der Waals surface area contributed by atoms with Crippen molar-refractivity contribution in [1.29, 1.82) is 0 Å². The van der Waals surface area contributed by atoms with Gasteiger partial charge in [-0.25, -0.2) is 0 Å². The summed E-state index contributed by atoms with van der Waals surface area (Å²) < 4.78 is 1.82. The van der Waals surface area contributed by atoms with Gasteiger partial charge in [0.25, 0.3) is 0 Å². The van der Waals surface area contributed by atoms with Gasteiger partial charge in [0.15, 0.2) is 11.5 Å². The smallest absolute Gasteiger partial charge is 0.227 e. The standard InChI is InChI=1S/C24H29N7O2/c1-24(2,3)23-27-26-19-9-10-20(28-31(19)23)29-13-16(14-29)12-25-22(33)17-11-21(32)30(15-17)18-7-5-4-6-8-18/h4-10,16-17H,11-15H2,1-3H3,(H,25,33). The molecule has 1 atom stereocenters. The third-order valence-electron chi connectivity index (χ3n) is 6.33. The first kappa shape index (κ1) is 21.4. The van der Waals surface area contributed by atoms with Crippen LogP contribution < -0.4 is 15.1 Å². The molecule has 9 nitrogen and oxygen atoms in total. The Bertz CT molecular complexity index is 1180. The number of carbonyl (C=O) groups excluding carboxylic acids is 2. The average Bonchev–Trinajstić information content (AvgIpc) is 3.36. The molecule has 2 amide bonds. The maximum atomic E-state index is 12.7. The molecule has 5 rings (SSSR count). The summed E-state index contributed by atoms with van der Waals surface area (Å²) in [5.74, 6) is 1.73. The maximum Gasteiger partial charge on any atom is 0.227 e. The number of nitrogens with one attached hydrogen (secondary N) is 1. The Labute approximate surface area is 192 Å². The second-order valence-electron chi connectivity index (χ2n) is 9.99. The summed E-state index contributed by atoms with van der Waals surface area (Å²) >= 11 is 0. The molecule has 33 heavy (non-hydrogen) atoms. The van der Waals surface area contributed by atoms with Crippen LogP contribution in [0.2, 0.25) is 0 Å². The number of amides is 2. The molecule has 0 radical (unpaired) electrons. The van der Waals surface area contributed by atoms with E-state index in [1.54, 1.807) is 4.90 Å². The molecule has 4 heterocycles. The van der Waals surface area contributed by atoms with Crippen molar-refractivity contribution >= 4 is 29.0 Å². The zero-order valence-corrected chi connectivity index (χ0v) is 19.2. The summed E-state index contributed by atoms with van der Waals surface area (Å²) in [7, 11) is 0. The minimum absolute atomic E-state index is 0.00116. The number of anilines is 2. The first-order chi connectivity index (χ1) is 15.8. The molecule has 0 saturated carbocycles. The van der Waals surface area contributed by atoms with Gasteiger partial charge in [-0.3, -0.25) is 9.59 Å². The first-order valence-electron chi connectivity index (χ1n) is 11.4. The highest BCUT2D eigenvalue weighted by molar-refractivity contribution is 6.00. The SMILES string of the molecule is CC(C)(C)c1nnc2ccc(N3CC(CNC(=O)C4CC(=O)N(c5ccccc5)C4)C3)nn12. The minimum atomic E-state index is -0.303. The van der Waals surface area contributed by atoms with Crippen molar-refractivity contribution in [2.75, 3.05) is 36.0 Å². The van der Waals surface area contributed by atoms with E-state index >= 15 is 0 Å². The van der Waals surface area contributed by atoms with E-state index in [-0.39, 0.29) is 29.6 Å². The van der Waals surface area contributed by atoms with E-state index in [4.69, 9.17) is 5.10 Å². The Kier molecular flexibility index (Phi) is 5.26. The molecular weight excluding hydrogens is 418 g/mol. The van der Waals surface area contributed by atoms with Crippen molar-refractivity contribution in [2.24, 2.45) is 11.8 Å². The molecule has 0 spiro atoms. The van der Waals surface area contributed by atoms with E-state index in [1.165, 1.54) is 0 Å². The topological polar surface area (TPSA) is 95.7 Å². The zero-order chi connectivity index (χ0) is 23.2. The Hall–Kier alpha value is -3.49. The number of fused-ring (bicyclic) bond motifs is 1. The molecule has 3 aromatic rings. The normalized spacial score (nSPS) is 19.2. The van der Waals surface area contributed by atoms with Crippen LogP contribution in [0.5, 0.6) is 0 Å². The number of benzene rings is 1. The Morgan fingerprint density at radius 2 is 1.82 bits per heavy atom. The zero-order valence-electron chi connectivity index (χ0n) is 19.2. The summed E-state index contributed by atoms with van der Waals surface area (Å²) in [6.45, 7) is 8.97. The number of carbonyl (C=O) groups is 2. The molecule has 2 aromatic heterocycles. The maximum absolute atomic E-state index is 12.7. The fraction of sp³-hybridized carbons (Fsp3) is 0.458. The summed E-state index contributed by atoms with van der Waals surface area (Å²) in [5.41, 5.74) is 1.44. The Balaban J connectivity index is 1.14. The second-order valence-corrected chi connectivity index (χ2v) is 9.99. The van der Waals surface area contributed by atoms with Crippen LogP contribution in [0.4, 0.5) is 11.5 Å². The van der Waals surface area contributed by atoms with E-state index in [0.717, 1.165) is 36.1 Å². The van der Waals surface area contributed by atoms with Crippen molar-refractivity contribution in [3.05, 3.63) is 48.3 Å². The molecule has 1 N–H and O–H groups in total. The summed E-state index contributed by atoms with van der Waals surface area (Å²) in [6, 6.07) is 13.4. The largest absolute Gasteiger partial charge is 0.355 e. The van der Waals surface area contributed by atoms with Gasteiger partial charge in [0, 0.05) is 49.6 Å². The van der Waals surface area contributed by atoms with Gasteiger partial charge < -0.3 is 15.1 Å². The van der Waals surface area contributed by atoms with E-state index in [9.17, 15) is 9.59 Å². The molecule has 2 aliphatic heterocycles. The molecule has 172 valence electrons. The number of hydrogen-bond donors (Lipinski definition) is 1. The van der Waals surface area contributed by atoms with Crippen molar-refractivity contribution in [3.8, 4) is 0 Å². The van der Waals surface area contributed by atoms with E-state index in [1.807, 2.05) is 47.0 Å². The van der Waals surface area contributed by atoms with Crippen LogP contribution in [0, 0.1) is 11.8 Å². The van der Waals surface area contributed by atoms with Crippen LogP contribution in [-0.2, 0) is 15.0 Å². The summed E-state index contributed by atoms with van der Waals surface area (Å²) in [6.07, 6.45) is 0.260. The lowest BCUT2D eigenvalue weighted by atomic mass is 9.96. The van der Waals surface area contributed by atoms with Crippen molar-refractivity contribution < 1.29 is 9.59 Å². The third kappa shape index (κ3) is 4.15. The molecular formula is C24H29N7O2. The van der Waals surface area contributed by atoms with Gasteiger partial charge in [-0.2, -0.15) is 4.52 Å². The Morgan fingerprint density at radius 3 is 2.55 bits per heavy atom. The minimum Gasteiger partial charge on any atom is -0.355 e. The number of rotatable bonds is 5. The number of nitrogens with zero attached hydrogens (tertiary/aromatic N) is 6. The second kappa shape index (κ2) is 8.13. The van der Waals surface area contributed by atoms with Crippen LogP contribution in [0.1, 0.15) is 33.0 Å². The lowest BCUT2D eigenvalue weighted by Crippen LogP contribution is -2.52. The quantitative estimate of drug-likeness (QED) is 0.643. The van der Waals surface area contributed by atoms with Crippen LogP contribution >= 0.6 is 0 Å². The van der Waals surface area contributed by atoms with Crippen molar-refractivity contribution in [3.63, 3.8) is 0 Å². The number of para-hydroxylation sites is 1. The fourth-order valence-electron chi connectivity index (χ4n) is 4.43. The van der Waals surface area contributed by atoms with Gasteiger partial charge >= 0.3 is 0 Å². The third-order valence-corrected chi connectivity index (χ3v) is 6.33. The molecule has 9 heteroatoms. The summed E-state index contributed by atoms with van der Waals surface area (Å²) in [5, 5.41) is 16.3. The van der Waals surface area contributed by atoms with Crippen LogP contribution in [0.25, 0.3) is 5.65 Å². The molecule has 2 saturated heterocycles. The number of aromatic nitrogens is 4. The lowest BCUT2D eigenvalue weighted by molar-refractivity contribution is -0.126. The van der Waals surface area contributed by atoms with Gasteiger partial charge in [-0.15, -0.1) is 15.3 Å². The van der Waals surface area contributed by atoms with Gasteiger partial charge in [0.05, 0.1) is 5.92 Å². The highest BCUT2D eigenvalue weighted by Crippen LogP contribution is 2.27. The van der Waals surface area contributed by atoms with Gasteiger partial charge in [-0.05, 0) is 24.3 Å². The predicted molar refractivity (Wildman–Crippen MR) is 125 cm³/mol. The monoisotopic (exact) mass is 447 g/mol. The van der Waals surface area contributed by atoms with Crippen LogP contribution in [0.3, 0.4) is 0 Å². The highest BCUT2D eigenvalue weighted by atomic mass is 16.2. The molecule has 0 bridgehead atoms. The van der Waals surface area contributed by atoms with E-state index < -0.39 is 0 Å². The van der Waals surface area contributed by atoms with Gasteiger partial charge in [-0.1, -0.05) is 39.0 Å². The number of hydrogen-bond acceptors (Lipinski definition) is 6. The predicted octanol–water partition coefficient (Wildman–Crippen LogP) is 2.03. The molecule has 1 aromatic carbocycles. The lowest BCUT2D eigenvalue weighted by Gasteiger charge is -2.40. The fourth-order valence-corrected chi connectivity index (χ4v) is 4.43. The van der Waals surface area contributed by atoms with E-state index in [0.29, 0.717) is 19.0 Å². The molecule has 2 aliphatic rings. The van der Waals surface area contributed by atoms with E-state index in [2.05, 4.69) is 41.2 Å².